The van der Waals surface area contributed by atoms with E-state index in [1.165, 1.54) is 30.4 Å². The number of carbonyl (C=O) groups excluding carboxylic acids is 1. The Balaban J connectivity index is 1.15. The predicted molar refractivity (Wildman–Crippen MR) is 187 cm³/mol. The minimum atomic E-state index is -0.0609. The first-order valence-corrected chi connectivity index (χ1v) is 16.8. The number of piperidine rings is 1. The van der Waals surface area contributed by atoms with E-state index in [4.69, 9.17) is 5.10 Å². The van der Waals surface area contributed by atoms with Crippen molar-refractivity contribution in [2.24, 2.45) is 10.9 Å². The molecule has 1 saturated heterocycles. The Morgan fingerprint density at radius 2 is 1.78 bits per heavy atom. The van der Waals surface area contributed by atoms with Crippen LogP contribution in [-0.2, 0) is 16.8 Å². The highest BCUT2D eigenvalue weighted by molar-refractivity contribution is 6.20. The molecule has 4 heterocycles. The first kappa shape index (κ1) is 31.5. The first-order valence-electron chi connectivity index (χ1n) is 16.8. The van der Waals surface area contributed by atoms with Gasteiger partial charge in [-0.25, -0.2) is 9.67 Å². The van der Waals surface area contributed by atoms with Crippen molar-refractivity contribution >= 4 is 17.8 Å². The number of nitrogens with zero attached hydrogens (tertiary/aromatic N) is 6. The van der Waals surface area contributed by atoms with Crippen molar-refractivity contribution in [3.8, 4) is 5.69 Å². The molecule has 46 heavy (non-hydrogen) atoms. The van der Waals surface area contributed by atoms with E-state index >= 15 is 0 Å². The van der Waals surface area contributed by atoms with E-state index in [1.54, 1.807) is 6.21 Å². The summed E-state index contributed by atoms with van der Waals surface area (Å²) in [4.78, 5) is 25.0. The summed E-state index contributed by atoms with van der Waals surface area (Å²) in [6.07, 6.45) is 16.1. The second-order valence-corrected chi connectivity index (χ2v) is 12.8. The minimum Gasteiger partial charge on any atom is -0.372 e. The third kappa shape index (κ3) is 6.44. The number of rotatable bonds is 9. The average Bonchev–Trinajstić information content (AvgIpc) is 3.40. The highest BCUT2D eigenvalue weighted by Crippen LogP contribution is 2.43. The number of aromatic nitrogens is 2. The monoisotopic (exact) mass is 614 g/mol. The lowest BCUT2D eigenvalue weighted by Crippen LogP contribution is -2.45. The Hall–Kier alpha value is -4.45. The molecule has 1 fully saturated rings. The predicted octanol–water partition coefficient (Wildman–Crippen LogP) is 7.07. The van der Waals surface area contributed by atoms with Crippen LogP contribution in [0.1, 0.15) is 57.6 Å². The van der Waals surface area contributed by atoms with E-state index < -0.39 is 0 Å². The van der Waals surface area contributed by atoms with Crippen LogP contribution >= 0.6 is 0 Å². The van der Waals surface area contributed by atoms with E-state index in [0.29, 0.717) is 24.6 Å². The van der Waals surface area contributed by atoms with Crippen LogP contribution in [0.2, 0.25) is 0 Å². The summed E-state index contributed by atoms with van der Waals surface area (Å²) in [5, 5.41) is 4.74. The summed E-state index contributed by atoms with van der Waals surface area (Å²) in [5.74, 6) is 0.587. The van der Waals surface area contributed by atoms with Crippen LogP contribution < -0.4 is 4.90 Å². The maximum absolute atomic E-state index is 13.9. The summed E-state index contributed by atoms with van der Waals surface area (Å²) in [5.41, 5.74) is 10.1. The molecule has 3 aromatic rings. The van der Waals surface area contributed by atoms with Crippen molar-refractivity contribution in [3.63, 3.8) is 0 Å². The first-order chi connectivity index (χ1) is 22.4. The molecule has 1 amide bonds. The summed E-state index contributed by atoms with van der Waals surface area (Å²) in [7, 11) is 2.01. The van der Waals surface area contributed by atoms with Gasteiger partial charge in [-0.05, 0) is 68.1 Å². The highest BCUT2D eigenvalue weighted by atomic mass is 16.2. The zero-order valence-corrected chi connectivity index (χ0v) is 27.7. The van der Waals surface area contributed by atoms with Crippen molar-refractivity contribution in [2.75, 3.05) is 38.1 Å². The number of anilines is 1. The van der Waals surface area contributed by atoms with Crippen molar-refractivity contribution in [2.45, 2.75) is 58.4 Å². The maximum Gasteiger partial charge on any atom is 0.262 e. The van der Waals surface area contributed by atoms with Crippen LogP contribution in [-0.4, -0.2) is 64.9 Å². The Morgan fingerprint density at radius 3 is 2.54 bits per heavy atom. The molecule has 1 aromatic heterocycles. The van der Waals surface area contributed by atoms with Crippen molar-refractivity contribution < 1.29 is 4.79 Å². The molecular weight excluding hydrogens is 568 g/mol. The van der Waals surface area contributed by atoms with Gasteiger partial charge in [-0.2, -0.15) is 5.10 Å². The molecule has 0 bridgehead atoms. The van der Waals surface area contributed by atoms with Crippen LogP contribution in [0.5, 0.6) is 0 Å². The molecule has 1 unspecified atom stereocenters. The van der Waals surface area contributed by atoms with E-state index in [9.17, 15) is 4.79 Å². The van der Waals surface area contributed by atoms with Crippen LogP contribution in [0.25, 0.3) is 5.69 Å². The second-order valence-electron chi connectivity index (χ2n) is 12.8. The molecule has 238 valence electrons. The van der Waals surface area contributed by atoms with Gasteiger partial charge in [0.15, 0.2) is 0 Å². The Labute approximate surface area is 273 Å². The molecule has 6 rings (SSSR count). The third-order valence-electron chi connectivity index (χ3n) is 10.1. The van der Waals surface area contributed by atoms with Crippen LogP contribution in [0, 0.1) is 5.92 Å². The van der Waals surface area contributed by atoms with Gasteiger partial charge in [-0.3, -0.25) is 9.69 Å². The number of hydrogen-bond donors (Lipinski definition) is 0. The topological polar surface area (TPSA) is 57.0 Å². The van der Waals surface area contributed by atoms with Gasteiger partial charge in [0.2, 0.25) is 0 Å². The molecule has 0 N–H and O–H groups in total. The lowest BCUT2D eigenvalue weighted by molar-refractivity contribution is -0.114. The van der Waals surface area contributed by atoms with Gasteiger partial charge in [0.05, 0.1) is 23.2 Å². The number of benzene rings is 2. The molecule has 0 radical (unpaired) electrons. The van der Waals surface area contributed by atoms with Crippen LogP contribution in [0.3, 0.4) is 0 Å². The Bertz CT molecular complexity index is 1700. The third-order valence-corrected chi connectivity index (χ3v) is 10.1. The summed E-state index contributed by atoms with van der Waals surface area (Å²) in [6, 6.07) is 19.3. The maximum atomic E-state index is 13.9. The van der Waals surface area contributed by atoms with Gasteiger partial charge in [0.25, 0.3) is 5.91 Å². The lowest BCUT2D eigenvalue weighted by atomic mass is 9.64. The van der Waals surface area contributed by atoms with Crippen molar-refractivity contribution in [3.05, 3.63) is 119 Å². The minimum absolute atomic E-state index is 0.0609. The standard InChI is InChI=1S/C39H46N6O/c1-5-7-14-33-17-18-37-36(27-40-33)38(46)44(24-23-42(37)4)34-15-11-16-35(25-34)45-29-31(26-41-45)28-43-21-19-39(20-22-43,30(3)6-2)32-12-9-8-10-13-32/h7-16,18,25-27,29-30H,5-6,19-24,28H2,1-4H3/b14-7+. The number of allylic oxidation sites excluding steroid dienone is 2. The lowest BCUT2D eigenvalue weighted by Gasteiger charge is -2.46. The number of amides is 1. The number of carbonyl (C=O) groups is 1. The molecular formula is C39H46N6O. The molecule has 7 nitrogen and oxygen atoms in total. The average molecular weight is 615 g/mol. The summed E-state index contributed by atoms with van der Waals surface area (Å²) >= 11 is 0. The van der Waals surface area contributed by atoms with Crippen LogP contribution in [0.15, 0.2) is 113 Å². The highest BCUT2D eigenvalue weighted by Gasteiger charge is 2.40. The van der Waals surface area contributed by atoms with E-state index in [-0.39, 0.29) is 11.3 Å². The second kappa shape index (κ2) is 13.9. The quantitative estimate of drug-likeness (QED) is 0.242. The van der Waals surface area contributed by atoms with E-state index in [2.05, 4.69) is 83.9 Å². The van der Waals surface area contributed by atoms with Gasteiger partial charge in [-0.15, -0.1) is 0 Å². The largest absolute Gasteiger partial charge is 0.372 e. The zero-order chi connectivity index (χ0) is 32.1. The van der Waals surface area contributed by atoms with Gasteiger partial charge in [0, 0.05) is 61.8 Å². The smallest absolute Gasteiger partial charge is 0.262 e. The normalized spacial score (nSPS) is 19.3. The Morgan fingerprint density at radius 1 is 1.00 bits per heavy atom. The molecule has 0 saturated carbocycles. The molecule has 1 atom stereocenters. The summed E-state index contributed by atoms with van der Waals surface area (Å²) in [6.45, 7) is 11.1. The number of aliphatic imine (C=N–C) groups is 1. The summed E-state index contributed by atoms with van der Waals surface area (Å²) < 4.78 is 1.93. The van der Waals surface area contributed by atoms with Crippen molar-refractivity contribution in [1.82, 2.24) is 19.6 Å². The van der Waals surface area contributed by atoms with Crippen molar-refractivity contribution in [1.29, 1.82) is 0 Å². The fraction of sp³-hybridized carbons (Fsp3) is 0.385. The van der Waals surface area contributed by atoms with Gasteiger partial charge < -0.3 is 9.80 Å². The molecule has 0 spiro atoms. The van der Waals surface area contributed by atoms with E-state index in [0.717, 1.165) is 48.8 Å². The molecule has 3 aliphatic heterocycles. The molecule has 7 heteroatoms. The fourth-order valence-corrected chi connectivity index (χ4v) is 7.10. The van der Waals surface area contributed by atoms with E-state index in [1.807, 2.05) is 59.3 Å². The molecule has 2 aromatic carbocycles. The van der Waals surface area contributed by atoms with Crippen LogP contribution in [0.4, 0.5) is 5.69 Å². The number of likely N-dealkylation sites (N-methyl/N-ethyl adjacent to an activating group) is 1. The van der Waals surface area contributed by atoms with Gasteiger partial charge in [0.1, 0.15) is 5.70 Å². The molecule has 0 aliphatic carbocycles. The number of likely N-dealkylation sites (tertiary alicyclic amines) is 1. The number of hydrogen-bond acceptors (Lipinski definition) is 5. The van der Waals surface area contributed by atoms with Gasteiger partial charge in [-0.1, -0.05) is 75.4 Å². The van der Waals surface area contributed by atoms with Gasteiger partial charge >= 0.3 is 0 Å². The molecule has 3 aliphatic rings. The SMILES string of the molecule is CC/C=C/C1=C=CC2=C(C=N1)C(=O)N(c1cccc(-n3cc(CN4CCC(c5ccccc5)(C(C)CC)CC4)cn3)c1)CCN2C. The fourth-order valence-electron chi connectivity index (χ4n) is 7.10. The Kier molecular flexibility index (Phi) is 9.53. The zero-order valence-electron chi connectivity index (χ0n) is 27.7.